The van der Waals surface area contributed by atoms with Crippen LogP contribution in [0, 0.1) is 5.92 Å². The van der Waals surface area contributed by atoms with E-state index in [4.69, 9.17) is 4.74 Å². The van der Waals surface area contributed by atoms with Gasteiger partial charge in [-0.3, -0.25) is 4.79 Å². The van der Waals surface area contributed by atoms with Crippen LogP contribution in [0.4, 0.5) is 0 Å². The van der Waals surface area contributed by atoms with Crippen LogP contribution < -0.4 is 4.74 Å². The highest BCUT2D eigenvalue weighted by atomic mass is 16.5. The molecule has 1 saturated carbocycles. The van der Waals surface area contributed by atoms with Gasteiger partial charge in [0.05, 0.1) is 5.92 Å². The summed E-state index contributed by atoms with van der Waals surface area (Å²) in [5.41, 5.74) is 3.49. The molecule has 0 N–H and O–H groups in total. The van der Waals surface area contributed by atoms with Crippen LogP contribution in [0.3, 0.4) is 0 Å². The third-order valence-corrected chi connectivity index (χ3v) is 4.50. The number of hydrogen-bond donors (Lipinski definition) is 0. The van der Waals surface area contributed by atoms with E-state index in [0.29, 0.717) is 11.7 Å². The van der Waals surface area contributed by atoms with Crippen molar-refractivity contribution in [2.75, 3.05) is 0 Å². The predicted octanol–water partition coefficient (Wildman–Crippen LogP) is 5.06. The van der Waals surface area contributed by atoms with Gasteiger partial charge in [0.1, 0.15) is 5.75 Å². The van der Waals surface area contributed by atoms with Gasteiger partial charge in [-0.1, -0.05) is 72.8 Å². The molecule has 0 heterocycles. The summed E-state index contributed by atoms with van der Waals surface area (Å²) in [6.45, 7) is 0. The van der Waals surface area contributed by atoms with Crippen molar-refractivity contribution in [2.24, 2.45) is 5.92 Å². The Morgan fingerprint density at radius 1 is 0.750 bits per heavy atom. The van der Waals surface area contributed by atoms with E-state index in [1.165, 1.54) is 5.56 Å². The summed E-state index contributed by atoms with van der Waals surface area (Å²) >= 11 is 0. The molecule has 24 heavy (non-hydrogen) atoms. The zero-order valence-corrected chi connectivity index (χ0v) is 13.3. The summed E-state index contributed by atoms with van der Waals surface area (Å²) in [5.74, 6) is 0.776. The molecule has 2 heteroatoms. The smallest absolute Gasteiger partial charge is 0.314 e. The second-order valence-electron chi connectivity index (χ2n) is 6.17. The highest BCUT2D eigenvalue weighted by Crippen LogP contribution is 2.48. The van der Waals surface area contributed by atoms with Crippen LogP contribution in [0.5, 0.6) is 5.75 Å². The van der Waals surface area contributed by atoms with E-state index in [-0.39, 0.29) is 11.9 Å². The van der Waals surface area contributed by atoms with Crippen LogP contribution in [-0.4, -0.2) is 5.97 Å². The molecule has 3 aromatic rings. The molecule has 1 aliphatic carbocycles. The monoisotopic (exact) mass is 314 g/mol. The van der Waals surface area contributed by atoms with Crippen molar-refractivity contribution in [1.82, 2.24) is 0 Å². The maximum Gasteiger partial charge on any atom is 0.314 e. The fraction of sp³-hybridized carbons (Fsp3) is 0.136. The second-order valence-corrected chi connectivity index (χ2v) is 6.17. The van der Waals surface area contributed by atoms with E-state index in [9.17, 15) is 4.79 Å². The topological polar surface area (TPSA) is 26.3 Å². The van der Waals surface area contributed by atoms with E-state index < -0.39 is 0 Å². The van der Waals surface area contributed by atoms with Crippen LogP contribution in [0.15, 0.2) is 84.9 Å². The largest absolute Gasteiger partial charge is 0.426 e. The van der Waals surface area contributed by atoms with Gasteiger partial charge < -0.3 is 4.74 Å². The number of benzene rings is 3. The minimum atomic E-state index is -0.128. The number of ether oxygens (including phenoxy) is 1. The first-order valence-electron chi connectivity index (χ1n) is 8.23. The number of carbonyl (C=O) groups is 1. The molecule has 0 unspecified atom stereocenters. The average molecular weight is 314 g/mol. The molecule has 0 amide bonds. The molecule has 0 aromatic heterocycles. The zero-order valence-electron chi connectivity index (χ0n) is 13.3. The van der Waals surface area contributed by atoms with Crippen molar-refractivity contribution >= 4 is 5.97 Å². The maximum atomic E-state index is 12.3. The van der Waals surface area contributed by atoms with Crippen molar-refractivity contribution in [1.29, 1.82) is 0 Å². The lowest BCUT2D eigenvalue weighted by Crippen LogP contribution is -2.11. The van der Waals surface area contributed by atoms with Crippen molar-refractivity contribution in [3.05, 3.63) is 90.5 Å². The fourth-order valence-electron chi connectivity index (χ4n) is 3.06. The average Bonchev–Trinajstić information content (AvgIpc) is 3.45. The summed E-state index contributed by atoms with van der Waals surface area (Å²) in [4.78, 5) is 12.3. The number of rotatable bonds is 4. The molecular weight excluding hydrogens is 296 g/mol. The van der Waals surface area contributed by atoms with Gasteiger partial charge in [-0.05, 0) is 41.2 Å². The minimum absolute atomic E-state index is 0.0128. The van der Waals surface area contributed by atoms with Gasteiger partial charge in [0.15, 0.2) is 0 Å². The number of carbonyl (C=O) groups excluding carboxylic acids is 1. The van der Waals surface area contributed by atoms with E-state index >= 15 is 0 Å². The van der Waals surface area contributed by atoms with Crippen LogP contribution in [0.2, 0.25) is 0 Å². The molecule has 0 spiro atoms. The van der Waals surface area contributed by atoms with Crippen molar-refractivity contribution in [3.63, 3.8) is 0 Å². The number of hydrogen-bond acceptors (Lipinski definition) is 2. The Bertz CT molecular complexity index is 823. The first kappa shape index (κ1) is 14.7. The molecule has 2 nitrogen and oxygen atoms in total. The standard InChI is InChI=1S/C22H18O2/c23-22(21-15-20(21)18-9-5-2-6-10-18)24-19-13-11-17(12-14-19)16-7-3-1-4-8-16/h1-14,20-21H,15H2/t20-,21-/m0/s1. The minimum Gasteiger partial charge on any atom is -0.426 e. The van der Waals surface area contributed by atoms with Crippen LogP contribution in [0.25, 0.3) is 11.1 Å². The van der Waals surface area contributed by atoms with Crippen LogP contribution in [0.1, 0.15) is 17.9 Å². The van der Waals surface area contributed by atoms with Gasteiger partial charge in [0.2, 0.25) is 0 Å². The molecule has 4 rings (SSSR count). The molecule has 3 aromatic carbocycles. The molecular formula is C22H18O2. The van der Waals surface area contributed by atoms with Crippen molar-refractivity contribution in [3.8, 4) is 16.9 Å². The Labute approximate surface area is 141 Å². The van der Waals surface area contributed by atoms with Crippen LogP contribution in [-0.2, 0) is 4.79 Å². The SMILES string of the molecule is O=C(Oc1ccc(-c2ccccc2)cc1)[C@H]1C[C@H]1c1ccccc1. The van der Waals surface area contributed by atoms with E-state index in [1.54, 1.807) is 0 Å². The Morgan fingerprint density at radius 2 is 1.33 bits per heavy atom. The Balaban J connectivity index is 1.40. The van der Waals surface area contributed by atoms with Gasteiger partial charge in [0, 0.05) is 0 Å². The number of esters is 1. The van der Waals surface area contributed by atoms with E-state index in [2.05, 4.69) is 24.3 Å². The fourth-order valence-corrected chi connectivity index (χ4v) is 3.06. The van der Waals surface area contributed by atoms with Gasteiger partial charge >= 0.3 is 5.97 Å². The molecule has 0 saturated heterocycles. The Morgan fingerprint density at radius 3 is 2.00 bits per heavy atom. The van der Waals surface area contributed by atoms with Crippen LogP contribution >= 0.6 is 0 Å². The molecule has 118 valence electrons. The molecule has 0 bridgehead atoms. The van der Waals surface area contributed by atoms with Gasteiger partial charge in [-0.15, -0.1) is 0 Å². The third-order valence-electron chi connectivity index (χ3n) is 4.50. The third kappa shape index (κ3) is 3.09. The van der Waals surface area contributed by atoms with Gasteiger partial charge in [-0.2, -0.15) is 0 Å². The normalized spacial score (nSPS) is 18.8. The van der Waals surface area contributed by atoms with Crippen molar-refractivity contribution in [2.45, 2.75) is 12.3 Å². The van der Waals surface area contributed by atoms with E-state index in [0.717, 1.165) is 17.5 Å². The van der Waals surface area contributed by atoms with Gasteiger partial charge in [0.25, 0.3) is 0 Å². The summed E-state index contributed by atoms with van der Waals surface area (Å²) in [6, 6.07) is 28.0. The summed E-state index contributed by atoms with van der Waals surface area (Å²) in [7, 11) is 0. The predicted molar refractivity (Wildman–Crippen MR) is 94.8 cm³/mol. The lowest BCUT2D eigenvalue weighted by molar-refractivity contribution is -0.135. The first-order valence-corrected chi connectivity index (χ1v) is 8.23. The Hall–Kier alpha value is -2.87. The zero-order chi connectivity index (χ0) is 16.4. The van der Waals surface area contributed by atoms with Gasteiger partial charge in [-0.25, -0.2) is 0 Å². The first-order chi connectivity index (χ1) is 11.8. The lowest BCUT2D eigenvalue weighted by Gasteiger charge is -2.06. The molecule has 1 aliphatic rings. The molecule has 1 fully saturated rings. The summed E-state index contributed by atoms with van der Waals surface area (Å²) in [5, 5.41) is 0. The Kier molecular flexibility index (Phi) is 3.87. The second kappa shape index (κ2) is 6.32. The summed E-state index contributed by atoms with van der Waals surface area (Å²) in [6.07, 6.45) is 0.880. The lowest BCUT2D eigenvalue weighted by atomic mass is 10.1. The highest BCUT2D eigenvalue weighted by molar-refractivity contribution is 5.79. The van der Waals surface area contributed by atoms with E-state index in [1.807, 2.05) is 60.7 Å². The summed E-state index contributed by atoms with van der Waals surface area (Å²) < 4.78 is 5.54. The highest BCUT2D eigenvalue weighted by Gasteiger charge is 2.45. The quantitative estimate of drug-likeness (QED) is 0.497. The molecule has 0 aliphatic heterocycles. The molecule has 0 radical (unpaired) electrons. The molecule has 2 atom stereocenters. The maximum absolute atomic E-state index is 12.3. The van der Waals surface area contributed by atoms with Crippen molar-refractivity contribution < 1.29 is 9.53 Å².